The van der Waals surface area contributed by atoms with Gasteiger partial charge in [-0.05, 0) is 29.6 Å². The average molecular weight is 337 g/mol. The first kappa shape index (κ1) is 15.1. The first-order valence-corrected chi connectivity index (χ1v) is 7.23. The molecular formula is C14H9F2N3O3S. The molecular weight excluding hydrogens is 328 g/mol. The minimum Gasteiger partial charge on any atom is -0.433 e. The van der Waals surface area contributed by atoms with Crippen LogP contribution in [0.15, 0.2) is 40.8 Å². The average Bonchev–Trinajstić information content (AvgIpc) is 2.95. The maximum Gasteiger partial charge on any atom is 0.387 e. The lowest BCUT2D eigenvalue weighted by Gasteiger charge is -2.07. The number of aromatic nitrogens is 2. The van der Waals surface area contributed by atoms with Crippen molar-refractivity contribution in [1.29, 1.82) is 0 Å². The number of ether oxygens (including phenoxy) is 1. The Labute approximate surface area is 131 Å². The molecule has 6 nitrogen and oxygen atoms in total. The summed E-state index contributed by atoms with van der Waals surface area (Å²) in [6.45, 7) is -3.01. The first-order valence-electron chi connectivity index (χ1n) is 6.35. The molecule has 2 heterocycles. The van der Waals surface area contributed by atoms with Gasteiger partial charge in [0, 0.05) is 5.69 Å². The van der Waals surface area contributed by atoms with E-state index in [1.165, 1.54) is 23.8 Å². The number of aromatic amines is 1. The van der Waals surface area contributed by atoms with Crippen LogP contribution in [0.5, 0.6) is 5.75 Å². The molecule has 2 aromatic heterocycles. The van der Waals surface area contributed by atoms with Crippen LogP contribution in [0.2, 0.25) is 0 Å². The van der Waals surface area contributed by atoms with E-state index < -0.39 is 12.5 Å². The molecule has 23 heavy (non-hydrogen) atoms. The van der Waals surface area contributed by atoms with E-state index in [4.69, 9.17) is 0 Å². The molecule has 9 heteroatoms. The molecule has 2 N–H and O–H groups in total. The number of amides is 1. The molecule has 3 rings (SSSR count). The maximum atomic E-state index is 12.3. The number of nitrogens with zero attached hydrogens (tertiary/aromatic N) is 1. The number of hydrogen-bond acceptors (Lipinski definition) is 5. The van der Waals surface area contributed by atoms with E-state index in [1.807, 2.05) is 0 Å². The van der Waals surface area contributed by atoms with Gasteiger partial charge in [0.15, 0.2) is 0 Å². The molecule has 1 aromatic carbocycles. The molecule has 118 valence electrons. The maximum absolute atomic E-state index is 12.3. The van der Waals surface area contributed by atoms with Gasteiger partial charge in [-0.15, -0.1) is 11.3 Å². The van der Waals surface area contributed by atoms with E-state index in [9.17, 15) is 18.4 Å². The van der Waals surface area contributed by atoms with Crippen LogP contribution in [0.25, 0.3) is 10.9 Å². The van der Waals surface area contributed by atoms with Crippen molar-refractivity contribution in [3.8, 4) is 5.75 Å². The van der Waals surface area contributed by atoms with Crippen molar-refractivity contribution >= 4 is 33.8 Å². The summed E-state index contributed by atoms with van der Waals surface area (Å²) in [5, 5.41) is 4.32. The lowest BCUT2D eigenvalue weighted by atomic mass is 10.2. The van der Waals surface area contributed by atoms with Crippen LogP contribution in [0.3, 0.4) is 0 Å². The molecule has 0 aliphatic heterocycles. The SMILES string of the molecule is O=C(Nc1ccc2nc[nH]c(=O)c2c1)c1sccc1OC(F)F. The molecule has 0 bridgehead atoms. The molecule has 0 aliphatic carbocycles. The third-order valence-electron chi connectivity index (χ3n) is 2.95. The number of benzene rings is 1. The van der Waals surface area contributed by atoms with Gasteiger partial charge in [-0.2, -0.15) is 8.78 Å². The first-order chi connectivity index (χ1) is 11.0. The zero-order valence-electron chi connectivity index (χ0n) is 11.4. The quantitative estimate of drug-likeness (QED) is 0.767. The zero-order chi connectivity index (χ0) is 16.4. The number of fused-ring (bicyclic) bond motifs is 1. The second-order valence-corrected chi connectivity index (χ2v) is 5.33. The number of rotatable bonds is 4. The fourth-order valence-electron chi connectivity index (χ4n) is 1.99. The molecule has 3 aromatic rings. The highest BCUT2D eigenvalue weighted by Gasteiger charge is 2.17. The Morgan fingerprint density at radius 2 is 2.17 bits per heavy atom. The minimum absolute atomic E-state index is 0.0190. The van der Waals surface area contributed by atoms with E-state index in [0.717, 1.165) is 11.3 Å². The lowest BCUT2D eigenvalue weighted by Crippen LogP contribution is -2.13. The van der Waals surface area contributed by atoms with Gasteiger partial charge in [0.1, 0.15) is 10.6 Å². The Hall–Kier alpha value is -2.81. The predicted octanol–water partition coefficient (Wildman–Crippen LogP) is 2.84. The number of carbonyl (C=O) groups is 1. The van der Waals surface area contributed by atoms with E-state index >= 15 is 0 Å². The molecule has 0 aliphatic rings. The number of alkyl halides is 2. The summed E-state index contributed by atoms with van der Waals surface area (Å²) in [6, 6.07) is 5.89. The number of H-pyrrole nitrogens is 1. The minimum atomic E-state index is -3.01. The van der Waals surface area contributed by atoms with Crippen LogP contribution in [0.1, 0.15) is 9.67 Å². The Balaban J connectivity index is 1.87. The Kier molecular flexibility index (Phi) is 4.02. The summed E-state index contributed by atoms with van der Waals surface area (Å²) in [7, 11) is 0. The molecule has 0 unspecified atom stereocenters. The highest BCUT2D eigenvalue weighted by atomic mass is 32.1. The van der Waals surface area contributed by atoms with Crippen LogP contribution in [-0.4, -0.2) is 22.5 Å². The topological polar surface area (TPSA) is 84.1 Å². The van der Waals surface area contributed by atoms with Crippen molar-refractivity contribution in [2.45, 2.75) is 6.61 Å². The highest BCUT2D eigenvalue weighted by molar-refractivity contribution is 7.12. The van der Waals surface area contributed by atoms with E-state index in [-0.39, 0.29) is 16.2 Å². The summed E-state index contributed by atoms with van der Waals surface area (Å²) >= 11 is 0.975. The number of hydrogen-bond donors (Lipinski definition) is 2. The second-order valence-electron chi connectivity index (χ2n) is 4.41. The fourth-order valence-corrected chi connectivity index (χ4v) is 2.70. The van der Waals surface area contributed by atoms with E-state index in [1.54, 1.807) is 12.1 Å². The van der Waals surface area contributed by atoms with Crippen molar-refractivity contribution in [1.82, 2.24) is 9.97 Å². The predicted molar refractivity (Wildman–Crippen MR) is 81.3 cm³/mol. The smallest absolute Gasteiger partial charge is 0.387 e. The number of carbonyl (C=O) groups excluding carboxylic acids is 1. The summed E-state index contributed by atoms with van der Waals surface area (Å²) in [5.41, 5.74) is 0.478. The number of nitrogens with one attached hydrogen (secondary N) is 2. The van der Waals surface area contributed by atoms with Gasteiger partial charge in [-0.3, -0.25) is 9.59 Å². The van der Waals surface area contributed by atoms with Crippen molar-refractivity contribution < 1.29 is 18.3 Å². The Morgan fingerprint density at radius 3 is 2.96 bits per heavy atom. The summed E-state index contributed by atoms with van der Waals surface area (Å²) in [5.74, 6) is -0.793. The molecule has 0 fully saturated rings. The third kappa shape index (κ3) is 3.19. The number of anilines is 1. The molecule has 0 spiro atoms. The molecule has 0 saturated carbocycles. The Morgan fingerprint density at radius 1 is 1.35 bits per heavy atom. The van der Waals surface area contributed by atoms with Crippen LogP contribution >= 0.6 is 11.3 Å². The standard InChI is InChI=1S/C14H9F2N3O3S/c15-14(16)22-10-3-4-23-11(10)13(21)19-7-1-2-9-8(5-7)12(20)18-6-17-9/h1-6,14H,(H,19,21)(H,17,18,20). The van der Waals surface area contributed by atoms with Crippen molar-refractivity contribution in [3.63, 3.8) is 0 Å². The van der Waals surface area contributed by atoms with E-state index in [2.05, 4.69) is 20.0 Å². The summed E-state index contributed by atoms with van der Waals surface area (Å²) in [6.07, 6.45) is 1.28. The summed E-state index contributed by atoms with van der Waals surface area (Å²) in [4.78, 5) is 30.3. The monoisotopic (exact) mass is 337 g/mol. The number of halogens is 2. The van der Waals surface area contributed by atoms with Gasteiger partial charge in [0.2, 0.25) is 0 Å². The van der Waals surface area contributed by atoms with E-state index in [0.29, 0.717) is 16.6 Å². The third-order valence-corrected chi connectivity index (χ3v) is 3.84. The van der Waals surface area contributed by atoms with Crippen molar-refractivity contribution in [2.24, 2.45) is 0 Å². The van der Waals surface area contributed by atoms with Crippen LogP contribution in [-0.2, 0) is 0 Å². The van der Waals surface area contributed by atoms with Crippen molar-refractivity contribution in [3.05, 3.63) is 51.2 Å². The second kappa shape index (κ2) is 6.13. The lowest BCUT2D eigenvalue weighted by molar-refractivity contribution is -0.0498. The molecule has 0 atom stereocenters. The molecule has 0 radical (unpaired) electrons. The van der Waals surface area contributed by atoms with Crippen molar-refractivity contribution in [2.75, 3.05) is 5.32 Å². The van der Waals surface area contributed by atoms with Gasteiger partial charge in [-0.1, -0.05) is 0 Å². The van der Waals surface area contributed by atoms with Crippen LogP contribution in [0.4, 0.5) is 14.5 Å². The fraction of sp³-hybridized carbons (Fsp3) is 0.0714. The number of thiophene rings is 1. The van der Waals surface area contributed by atoms with Gasteiger partial charge >= 0.3 is 6.61 Å². The largest absolute Gasteiger partial charge is 0.433 e. The van der Waals surface area contributed by atoms with Gasteiger partial charge in [0.25, 0.3) is 11.5 Å². The summed E-state index contributed by atoms with van der Waals surface area (Å²) < 4.78 is 28.9. The van der Waals surface area contributed by atoms with Crippen LogP contribution < -0.4 is 15.6 Å². The molecule has 1 amide bonds. The Bertz CT molecular complexity index is 923. The van der Waals surface area contributed by atoms with Gasteiger partial charge in [0.05, 0.1) is 17.2 Å². The van der Waals surface area contributed by atoms with Crippen LogP contribution in [0, 0.1) is 0 Å². The normalized spacial score (nSPS) is 10.9. The van der Waals surface area contributed by atoms with Gasteiger partial charge in [-0.25, -0.2) is 4.98 Å². The molecule has 0 saturated heterocycles. The highest BCUT2D eigenvalue weighted by Crippen LogP contribution is 2.27. The van der Waals surface area contributed by atoms with Gasteiger partial charge < -0.3 is 15.0 Å². The zero-order valence-corrected chi connectivity index (χ0v) is 12.2.